The van der Waals surface area contributed by atoms with Gasteiger partial charge in [-0.3, -0.25) is 9.41 Å². The van der Waals surface area contributed by atoms with Crippen LogP contribution in [-0.4, -0.2) is 34.8 Å². The molecular formula is C28H55O6PS. The molecule has 6 nitrogen and oxygen atoms in total. The summed E-state index contributed by atoms with van der Waals surface area (Å²) in [6.07, 6.45) is 22.1. The third kappa shape index (κ3) is 16.7. The Morgan fingerprint density at radius 1 is 0.889 bits per heavy atom. The topological polar surface area (TPSA) is 82.1 Å². The highest BCUT2D eigenvalue weighted by Gasteiger charge is 2.36. The minimum absolute atomic E-state index is 0.181. The molecule has 0 aromatic heterocycles. The van der Waals surface area contributed by atoms with Gasteiger partial charge in [0, 0.05) is 0 Å². The maximum absolute atomic E-state index is 12.0. The number of unbranched alkanes of at least 4 members (excludes halogenated alkanes) is 8. The molecule has 0 aromatic carbocycles. The molecule has 0 radical (unpaired) electrons. The van der Waals surface area contributed by atoms with Gasteiger partial charge in [-0.1, -0.05) is 104 Å². The van der Waals surface area contributed by atoms with E-state index in [4.69, 9.17) is 4.52 Å². The van der Waals surface area contributed by atoms with Crippen LogP contribution in [0.1, 0.15) is 136 Å². The normalized spacial score (nSPS) is 17.7. The lowest BCUT2D eigenvalue weighted by Crippen LogP contribution is -2.13. The Hall–Kier alpha value is -0.0700. The van der Waals surface area contributed by atoms with E-state index in [1.54, 1.807) is 6.92 Å². The van der Waals surface area contributed by atoms with Crippen LogP contribution in [0.15, 0.2) is 0 Å². The molecule has 1 saturated carbocycles. The lowest BCUT2D eigenvalue weighted by atomic mass is 9.84. The highest BCUT2D eigenvalue weighted by molar-refractivity contribution is 7.99. The van der Waals surface area contributed by atoms with Gasteiger partial charge < -0.3 is 4.89 Å². The van der Waals surface area contributed by atoms with Crippen molar-refractivity contribution < 1.29 is 28.6 Å². The van der Waals surface area contributed by atoms with E-state index in [-0.39, 0.29) is 6.61 Å². The quantitative estimate of drug-likeness (QED) is 0.0554. The summed E-state index contributed by atoms with van der Waals surface area (Å²) in [6, 6.07) is 0. The average Bonchev–Trinajstić information content (AvgIpc) is 3.38. The molecule has 0 saturated heterocycles. The van der Waals surface area contributed by atoms with Gasteiger partial charge >= 0.3 is 13.3 Å². The predicted octanol–water partition coefficient (Wildman–Crippen LogP) is 9.69. The van der Waals surface area contributed by atoms with Crippen molar-refractivity contribution in [2.45, 2.75) is 142 Å². The Labute approximate surface area is 225 Å². The fourth-order valence-electron chi connectivity index (χ4n) is 5.12. The van der Waals surface area contributed by atoms with Gasteiger partial charge in [0.25, 0.3) is 0 Å². The van der Waals surface area contributed by atoms with Gasteiger partial charge in [-0.15, -0.1) is 0 Å². The summed E-state index contributed by atoms with van der Waals surface area (Å²) >= 11 is 2.16. The van der Waals surface area contributed by atoms with Crippen molar-refractivity contribution in [3.63, 3.8) is 0 Å². The van der Waals surface area contributed by atoms with Crippen LogP contribution in [-0.2, 0) is 18.9 Å². The van der Waals surface area contributed by atoms with E-state index in [1.807, 2.05) is 6.92 Å². The second-order valence-electron chi connectivity index (χ2n) is 10.6. The van der Waals surface area contributed by atoms with Gasteiger partial charge in [0.05, 0.1) is 12.7 Å². The maximum atomic E-state index is 12.0. The first-order chi connectivity index (χ1) is 17.4. The van der Waals surface area contributed by atoms with Crippen molar-refractivity contribution in [1.82, 2.24) is 0 Å². The molecule has 1 rings (SSSR count). The van der Waals surface area contributed by atoms with Crippen molar-refractivity contribution >= 4 is 25.1 Å². The largest absolute Gasteiger partial charge is 0.452 e. The van der Waals surface area contributed by atoms with Gasteiger partial charge in [0.1, 0.15) is 0 Å². The zero-order valence-corrected chi connectivity index (χ0v) is 25.1. The first kappa shape index (κ1) is 34.0. The Bertz CT molecular complexity index is 584. The minimum atomic E-state index is -4.47. The van der Waals surface area contributed by atoms with E-state index in [2.05, 4.69) is 28.5 Å². The number of carbonyl (C=O) groups excluding carboxylic acids is 1. The molecule has 8 heteroatoms. The summed E-state index contributed by atoms with van der Waals surface area (Å²) in [4.78, 5) is 30.2. The molecule has 3 atom stereocenters. The molecule has 1 N–H and O–H groups in total. The second-order valence-corrected chi connectivity index (χ2v) is 13.4. The monoisotopic (exact) mass is 550 g/mol. The molecule has 36 heavy (non-hydrogen) atoms. The zero-order valence-electron chi connectivity index (χ0n) is 23.4. The van der Waals surface area contributed by atoms with Crippen molar-refractivity contribution in [3.05, 3.63) is 0 Å². The third-order valence-electron chi connectivity index (χ3n) is 7.25. The first-order valence-electron chi connectivity index (χ1n) is 14.8. The van der Waals surface area contributed by atoms with Crippen molar-refractivity contribution in [2.24, 2.45) is 11.8 Å². The molecule has 0 heterocycles. The minimum Gasteiger partial charge on any atom is -0.316 e. The maximum Gasteiger partial charge on any atom is 0.452 e. The van der Waals surface area contributed by atoms with Gasteiger partial charge in [-0.25, -0.2) is 9.36 Å². The van der Waals surface area contributed by atoms with Crippen molar-refractivity contribution in [3.8, 4) is 0 Å². The average molecular weight is 551 g/mol. The highest BCUT2D eigenvalue weighted by Crippen LogP contribution is 2.46. The molecule has 0 bridgehead atoms. The molecular weight excluding hydrogens is 495 g/mol. The lowest BCUT2D eigenvalue weighted by Gasteiger charge is -2.23. The summed E-state index contributed by atoms with van der Waals surface area (Å²) in [5.74, 6) is 4.60. The Kier molecular flexibility index (Phi) is 20.6. The first-order valence-corrected chi connectivity index (χ1v) is 17.6. The van der Waals surface area contributed by atoms with Crippen LogP contribution >= 0.6 is 19.4 Å². The number of hydrogen-bond acceptors (Lipinski definition) is 6. The van der Waals surface area contributed by atoms with Crippen LogP contribution in [0.5, 0.6) is 0 Å². The van der Waals surface area contributed by atoms with Crippen LogP contribution in [0, 0.1) is 11.8 Å². The fraction of sp³-hybridized carbons (Fsp3) is 0.964. The molecule has 214 valence electrons. The molecule has 0 aromatic rings. The third-order valence-corrected chi connectivity index (χ3v) is 9.53. The molecule has 3 unspecified atom stereocenters. The molecule has 1 fully saturated rings. The number of thioether (sulfide) groups is 1. The zero-order chi connectivity index (χ0) is 26.5. The van der Waals surface area contributed by atoms with Gasteiger partial charge in [0.15, 0.2) is 0 Å². The summed E-state index contributed by atoms with van der Waals surface area (Å²) in [5.41, 5.74) is -1.35. The predicted molar refractivity (Wildman–Crippen MR) is 152 cm³/mol. The summed E-state index contributed by atoms with van der Waals surface area (Å²) in [6.45, 7) is 6.03. The summed E-state index contributed by atoms with van der Waals surface area (Å²) in [7, 11) is -4.47. The van der Waals surface area contributed by atoms with Crippen LogP contribution in [0.4, 0.5) is 4.79 Å². The number of rotatable bonds is 24. The van der Waals surface area contributed by atoms with Gasteiger partial charge in [-0.05, 0) is 55.9 Å². The van der Waals surface area contributed by atoms with E-state index in [9.17, 15) is 14.3 Å². The summed E-state index contributed by atoms with van der Waals surface area (Å²) < 4.78 is 17.0. The van der Waals surface area contributed by atoms with Gasteiger partial charge in [-0.2, -0.15) is 16.6 Å². The SMILES string of the molecule is CCCCCCC(CCSCCCCCCCCC(C)OP(=O)(O)C(=O)OOCCC)C1CCCC1. The van der Waals surface area contributed by atoms with Crippen LogP contribution in [0.25, 0.3) is 0 Å². The van der Waals surface area contributed by atoms with E-state index < -0.39 is 19.4 Å². The van der Waals surface area contributed by atoms with Crippen molar-refractivity contribution in [2.75, 3.05) is 18.1 Å². The molecule has 1 aliphatic rings. The summed E-state index contributed by atoms with van der Waals surface area (Å²) in [5, 5.41) is 0. The second kappa shape index (κ2) is 21.8. The fourth-order valence-corrected chi connectivity index (χ4v) is 7.03. The number of hydrogen-bond donors (Lipinski definition) is 1. The van der Waals surface area contributed by atoms with Gasteiger partial charge in [0.2, 0.25) is 0 Å². The van der Waals surface area contributed by atoms with Crippen molar-refractivity contribution in [1.29, 1.82) is 0 Å². The van der Waals surface area contributed by atoms with Crippen LogP contribution in [0.3, 0.4) is 0 Å². The molecule has 0 aliphatic heterocycles. The van der Waals surface area contributed by atoms with E-state index in [1.165, 1.54) is 101 Å². The van der Waals surface area contributed by atoms with E-state index in [0.29, 0.717) is 12.8 Å². The Morgan fingerprint density at radius 2 is 1.53 bits per heavy atom. The van der Waals surface area contributed by atoms with E-state index in [0.717, 1.165) is 24.7 Å². The molecule has 1 aliphatic carbocycles. The van der Waals surface area contributed by atoms with Crippen LogP contribution in [0.2, 0.25) is 0 Å². The number of carbonyl (C=O) groups is 1. The smallest absolute Gasteiger partial charge is 0.316 e. The van der Waals surface area contributed by atoms with E-state index >= 15 is 0 Å². The highest BCUT2D eigenvalue weighted by atomic mass is 32.2. The standard InChI is InChI=1S/C28H55O6PS/c1-4-6-7-13-18-27(26-19-14-15-20-26)21-24-36-23-16-11-9-8-10-12-17-25(3)34-35(30,31)28(29)33-32-22-5-2/h25-27H,4-24H2,1-3H3,(H,30,31). The Balaban J connectivity index is 2.01. The Morgan fingerprint density at radius 3 is 2.22 bits per heavy atom. The van der Waals surface area contributed by atoms with Crippen LogP contribution < -0.4 is 0 Å². The lowest BCUT2D eigenvalue weighted by molar-refractivity contribution is -0.231. The molecule has 0 spiro atoms. The molecule has 0 amide bonds.